The molecule has 6 heteroatoms. The quantitative estimate of drug-likeness (QED) is 0.592. The number of anilines is 1. The lowest BCUT2D eigenvalue weighted by Gasteiger charge is -2.23. The van der Waals surface area contributed by atoms with E-state index >= 15 is 0 Å². The molecule has 3 nitrogen and oxygen atoms in total. The van der Waals surface area contributed by atoms with Crippen molar-refractivity contribution in [3.05, 3.63) is 67.0 Å². The van der Waals surface area contributed by atoms with E-state index in [1.165, 1.54) is 36.0 Å². The fourth-order valence-electron chi connectivity index (χ4n) is 1.97. The number of halogens is 1. The number of rotatable bonds is 6. The maximum Gasteiger partial charge on any atom is 0.264 e. The van der Waals surface area contributed by atoms with Crippen LogP contribution in [0.5, 0.6) is 0 Å². The summed E-state index contributed by atoms with van der Waals surface area (Å²) in [6, 6.07) is 12.1. The van der Waals surface area contributed by atoms with Crippen LogP contribution in [0.2, 0.25) is 0 Å². The molecule has 0 aromatic heterocycles. The van der Waals surface area contributed by atoms with Crippen molar-refractivity contribution < 1.29 is 12.8 Å². The van der Waals surface area contributed by atoms with Gasteiger partial charge in [-0.05, 0) is 48.7 Å². The van der Waals surface area contributed by atoms with E-state index in [2.05, 4.69) is 6.58 Å². The molecule has 0 bridgehead atoms. The molecular weight excluding hydrogens is 321 g/mol. The average Bonchev–Trinajstić information content (AvgIpc) is 2.52. The first-order chi connectivity index (χ1) is 10.5. The maximum atomic E-state index is 13.4. The summed E-state index contributed by atoms with van der Waals surface area (Å²) >= 11 is 1.53. The molecule has 0 fully saturated rings. The lowest BCUT2D eigenvalue weighted by Crippen LogP contribution is -2.31. The van der Waals surface area contributed by atoms with Crippen LogP contribution in [-0.2, 0) is 10.0 Å². The number of hydrogen-bond donors (Lipinski definition) is 0. The van der Waals surface area contributed by atoms with E-state index in [-0.39, 0.29) is 17.1 Å². The normalized spacial score (nSPS) is 11.2. The van der Waals surface area contributed by atoms with E-state index < -0.39 is 15.8 Å². The predicted molar refractivity (Wildman–Crippen MR) is 89.4 cm³/mol. The van der Waals surface area contributed by atoms with Crippen molar-refractivity contribution in [1.29, 1.82) is 0 Å². The van der Waals surface area contributed by atoms with Gasteiger partial charge in [-0.1, -0.05) is 12.1 Å². The molecule has 0 amide bonds. The SMILES string of the molecule is C=CCN(c1cccc(F)c1)S(=O)(=O)c1ccc(SC)cc1. The minimum absolute atomic E-state index is 0.0655. The zero-order valence-corrected chi connectivity index (χ0v) is 13.7. The first-order valence-corrected chi connectivity index (χ1v) is 9.19. The van der Waals surface area contributed by atoms with Gasteiger partial charge in [0.2, 0.25) is 0 Å². The minimum atomic E-state index is -3.77. The second-order valence-corrected chi connectivity index (χ2v) is 7.22. The molecule has 116 valence electrons. The molecule has 2 aromatic rings. The van der Waals surface area contributed by atoms with E-state index in [0.29, 0.717) is 0 Å². The first-order valence-electron chi connectivity index (χ1n) is 6.52. The number of hydrogen-bond acceptors (Lipinski definition) is 3. The van der Waals surface area contributed by atoms with Crippen LogP contribution in [0.15, 0.2) is 71.0 Å². The van der Waals surface area contributed by atoms with Gasteiger partial charge in [0.15, 0.2) is 0 Å². The first kappa shape index (κ1) is 16.6. The van der Waals surface area contributed by atoms with Crippen LogP contribution in [0.3, 0.4) is 0 Å². The highest BCUT2D eigenvalue weighted by Gasteiger charge is 2.24. The fraction of sp³-hybridized carbons (Fsp3) is 0.125. The summed E-state index contributed by atoms with van der Waals surface area (Å²) in [5, 5.41) is 0. The van der Waals surface area contributed by atoms with Gasteiger partial charge < -0.3 is 0 Å². The summed E-state index contributed by atoms with van der Waals surface area (Å²) in [5.74, 6) is -0.487. The van der Waals surface area contributed by atoms with Gasteiger partial charge in [0.05, 0.1) is 17.1 Å². The van der Waals surface area contributed by atoms with Crippen LogP contribution < -0.4 is 4.31 Å². The van der Waals surface area contributed by atoms with E-state index in [1.807, 2.05) is 6.26 Å². The van der Waals surface area contributed by atoms with Crippen molar-refractivity contribution >= 4 is 27.5 Å². The Morgan fingerprint density at radius 3 is 2.45 bits per heavy atom. The molecule has 22 heavy (non-hydrogen) atoms. The highest BCUT2D eigenvalue weighted by atomic mass is 32.2. The smallest absolute Gasteiger partial charge is 0.262 e. The molecule has 0 atom stereocenters. The zero-order valence-electron chi connectivity index (χ0n) is 12.1. The van der Waals surface area contributed by atoms with Crippen molar-refractivity contribution in [3.8, 4) is 0 Å². The zero-order chi connectivity index (χ0) is 16.2. The second kappa shape index (κ2) is 6.98. The van der Waals surface area contributed by atoms with Crippen molar-refractivity contribution in [2.24, 2.45) is 0 Å². The number of nitrogens with zero attached hydrogens (tertiary/aromatic N) is 1. The van der Waals surface area contributed by atoms with Crippen LogP contribution >= 0.6 is 11.8 Å². The summed E-state index contributed by atoms with van der Waals surface area (Å²) in [5.41, 5.74) is 0.272. The van der Waals surface area contributed by atoms with Gasteiger partial charge in [0, 0.05) is 4.90 Å². The van der Waals surface area contributed by atoms with Gasteiger partial charge in [-0.15, -0.1) is 18.3 Å². The molecule has 2 rings (SSSR count). The standard InChI is InChI=1S/C16H16FNO2S2/c1-3-11-18(14-6-4-5-13(17)12-14)22(19,20)16-9-7-15(21-2)8-10-16/h3-10,12H,1,11H2,2H3. The molecule has 0 aliphatic rings. The molecule has 0 unspecified atom stereocenters. The molecular formula is C16H16FNO2S2. The predicted octanol–water partition coefficient (Wildman–Crippen LogP) is 3.93. The molecule has 0 N–H and O–H groups in total. The monoisotopic (exact) mass is 337 g/mol. The molecule has 0 radical (unpaired) electrons. The Hall–Kier alpha value is -1.79. The van der Waals surface area contributed by atoms with Gasteiger partial charge in [-0.2, -0.15) is 0 Å². The lowest BCUT2D eigenvalue weighted by atomic mass is 10.3. The molecule has 0 aliphatic heterocycles. The lowest BCUT2D eigenvalue weighted by molar-refractivity contribution is 0.592. The van der Waals surface area contributed by atoms with Crippen molar-refractivity contribution in [2.75, 3.05) is 17.1 Å². The van der Waals surface area contributed by atoms with Crippen LogP contribution in [0.1, 0.15) is 0 Å². The third-order valence-electron chi connectivity index (χ3n) is 3.04. The average molecular weight is 337 g/mol. The fourth-order valence-corrected chi connectivity index (χ4v) is 3.80. The highest BCUT2D eigenvalue weighted by Crippen LogP contribution is 2.25. The van der Waals surface area contributed by atoms with E-state index in [0.717, 1.165) is 9.20 Å². The Labute approximate surface area is 134 Å². The summed E-state index contributed by atoms with van der Waals surface area (Å²) < 4.78 is 40.1. The number of benzene rings is 2. The van der Waals surface area contributed by atoms with Crippen LogP contribution in [0.25, 0.3) is 0 Å². The summed E-state index contributed by atoms with van der Waals surface area (Å²) in [4.78, 5) is 1.14. The van der Waals surface area contributed by atoms with E-state index in [4.69, 9.17) is 0 Å². The molecule has 0 spiro atoms. The van der Waals surface area contributed by atoms with Gasteiger partial charge in [-0.25, -0.2) is 12.8 Å². The van der Waals surface area contributed by atoms with Gasteiger partial charge >= 0.3 is 0 Å². The maximum absolute atomic E-state index is 13.4. The van der Waals surface area contributed by atoms with Crippen molar-refractivity contribution in [1.82, 2.24) is 0 Å². The Balaban J connectivity index is 2.47. The second-order valence-electron chi connectivity index (χ2n) is 4.48. The van der Waals surface area contributed by atoms with Crippen LogP contribution in [-0.4, -0.2) is 21.2 Å². The molecule has 0 heterocycles. The number of thioether (sulfide) groups is 1. The molecule has 2 aromatic carbocycles. The van der Waals surface area contributed by atoms with Crippen molar-refractivity contribution in [2.45, 2.75) is 9.79 Å². The number of sulfonamides is 1. The molecule has 0 saturated heterocycles. The summed E-state index contributed by atoms with van der Waals surface area (Å²) in [7, 11) is -3.77. The van der Waals surface area contributed by atoms with Gasteiger partial charge in [0.25, 0.3) is 10.0 Å². The molecule has 0 saturated carbocycles. The van der Waals surface area contributed by atoms with Gasteiger partial charge in [0.1, 0.15) is 5.82 Å². The third kappa shape index (κ3) is 3.51. The van der Waals surface area contributed by atoms with Crippen LogP contribution in [0, 0.1) is 5.82 Å². The van der Waals surface area contributed by atoms with E-state index in [1.54, 1.807) is 30.3 Å². The molecule has 0 aliphatic carbocycles. The van der Waals surface area contributed by atoms with Gasteiger partial charge in [-0.3, -0.25) is 4.31 Å². The van der Waals surface area contributed by atoms with Crippen molar-refractivity contribution in [3.63, 3.8) is 0 Å². The Kier molecular flexibility index (Phi) is 5.26. The third-order valence-corrected chi connectivity index (χ3v) is 5.59. The minimum Gasteiger partial charge on any atom is -0.262 e. The topological polar surface area (TPSA) is 37.4 Å². The van der Waals surface area contributed by atoms with E-state index in [9.17, 15) is 12.8 Å². The summed E-state index contributed by atoms with van der Waals surface area (Å²) in [6.07, 6.45) is 3.39. The summed E-state index contributed by atoms with van der Waals surface area (Å²) in [6.45, 7) is 3.65. The van der Waals surface area contributed by atoms with Crippen LogP contribution in [0.4, 0.5) is 10.1 Å². The Bertz CT molecular complexity index is 758. The highest BCUT2D eigenvalue weighted by molar-refractivity contribution is 7.98. The Morgan fingerprint density at radius 2 is 1.91 bits per heavy atom. The largest absolute Gasteiger partial charge is 0.264 e. The Morgan fingerprint density at radius 1 is 1.23 bits per heavy atom.